The van der Waals surface area contributed by atoms with E-state index in [0.717, 1.165) is 10.8 Å². The second kappa shape index (κ2) is 18.6. The Balaban J connectivity index is 1.90. The number of nitrogens with two attached hydrogens (primary N) is 3. The summed E-state index contributed by atoms with van der Waals surface area (Å²) in [6.45, 7) is 1.44. The van der Waals surface area contributed by atoms with Crippen LogP contribution in [0.2, 0.25) is 0 Å². The molecule has 0 aliphatic carbocycles. The van der Waals surface area contributed by atoms with E-state index in [4.69, 9.17) is 33.3 Å². The van der Waals surface area contributed by atoms with Crippen molar-refractivity contribution in [1.82, 2.24) is 20.9 Å². The van der Waals surface area contributed by atoms with Crippen molar-refractivity contribution in [1.29, 1.82) is 0 Å². The van der Waals surface area contributed by atoms with Gasteiger partial charge in [-0.2, -0.15) is 0 Å². The minimum atomic E-state index is -5.08. The lowest BCUT2D eigenvalue weighted by molar-refractivity contribution is -0.147. The third-order valence-electron chi connectivity index (χ3n) is 8.06. The molecule has 3 rings (SSSR count). The van der Waals surface area contributed by atoms with Crippen LogP contribution in [0.5, 0.6) is 0 Å². The van der Waals surface area contributed by atoms with Gasteiger partial charge in [0.05, 0.1) is 6.10 Å². The average Bonchev–Trinajstić information content (AvgIpc) is 3.06. The number of hydrogen-bond donors (Lipinski definition) is 8. The standard InChI is InChI=1S/C31H44ClN8O9P/c1-18(49-50(46,47)48)26(39-25(41)17-32)30(45)40-14-5-4-10-24(40)29(44)38-23(16-19-11-12-20-7-2-3-8-21(20)15-19)28(43)37-22(27(33)42)9-6-13-36-31(34)35/h2-3,7-8,11-12,15,18,22-24,26H,4-6,9-10,13-14,16-17H2,1H3,(H2,33,42)(H,37,43)(H,38,44)(H,39,41)(H4,34,35,36)(H2,46,47,48)/t18?,22?,23?,24-,26?/m0/s1. The number of carbonyl (C=O) groups is 5. The predicted octanol–water partition coefficient (Wildman–Crippen LogP) is -0.507. The molecule has 1 fully saturated rings. The molecule has 0 saturated carbocycles. The van der Waals surface area contributed by atoms with Crippen molar-refractivity contribution in [2.24, 2.45) is 22.2 Å². The van der Waals surface area contributed by atoms with Crippen molar-refractivity contribution in [3.05, 3.63) is 48.0 Å². The van der Waals surface area contributed by atoms with Crippen molar-refractivity contribution in [3.8, 4) is 0 Å². The van der Waals surface area contributed by atoms with Crippen LogP contribution in [0.15, 0.2) is 47.5 Å². The molecule has 0 bridgehead atoms. The summed E-state index contributed by atoms with van der Waals surface area (Å²) in [5, 5.41) is 9.53. The van der Waals surface area contributed by atoms with Crippen LogP contribution >= 0.6 is 19.4 Å². The summed E-state index contributed by atoms with van der Waals surface area (Å²) in [6.07, 6.45) is 0.133. The van der Waals surface area contributed by atoms with Crippen LogP contribution in [0.4, 0.5) is 0 Å². The van der Waals surface area contributed by atoms with Crippen molar-refractivity contribution < 1.29 is 42.8 Å². The number of alkyl halides is 1. The Morgan fingerprint density at radius 3 is 2.36 bits per heavy atom. The molecule has 5 atom stereocenters. The van der Waals surface area contributed by atoms with E-state index < -0.39 is 73.5 Å². The summed E-state index contributed by atoms with van der Waals surface area (Å²) in [5.41, 5.74) is 17.0. The minimum absolute atomic E-state index is 0.00409. The second-order valence-electron chi connectivity index (χ2n) is 11.9. The van der Waals surface area contributed by atoms with Crippen LogP contribution in [0, 0.1) is 0 Å². The van der Waals surface area contributed by atoms with E-state index >= 15 is 0 Å². The first-order chi connectivity index (χ1) is 23.6. The zero-order valence-electron chi connectivity index (χ0n) is 27.5. The van der Waals surface area contributed by atoms with Crippen molar-refractivity contribution in [2.75, 3.05) is 19.0 Å². The number of guanidine groups is 1. The van der Waals surface area contributed by atoms with Gasteiger partial charge in [-0.15, -0.1) is 11.6 Å². The molecule has 1 aliphatic rings. The molecule has 2 aromatic rings. The quantitative estimate of drug-likeness (QED) is 0.0336. The summed E-state index contributed by atoms with van der Waals surface area (Å²) in [6, 6.07) is 8.04. The van der Waals surface area contributed by atoms with Gasteiger partial charge < -0.3 is 47.8 Å². The van der Waals surface area contributed by atoms with Gasteiger partial charge in [0.2, 0.25) is 29.5 Å². The molecule has 4 unspecified atom stereocenters. The molecule has 0 radical (unpaired) electrons. The highest BCUT2D eigenvalue weighted by molar-refractivity contribution is 7.46. The van der Waals surface area contributed by atoms with Gasteiger partial charge in [0.1, 0.15) is 30.0 Å². The van der Waals surface area contributed by atoms with E-state index in [1.165, 1.54) is 11.8 Å². The number of fused-ring (bicyclic) bond motifs is 1. The van der Waals surface area contributed by atoms with Gasteiger partial charge in [-0.1, -0.05) is 42.5 Å². The molecule has 19 heteroatoms. The number of nitrogens with zero attached hydrogens (tertiary/aromatic N) is 2. The Kier molecular flexibility index (Phi) is 15.0. The molecule has 274 valence electrons. The molecule has 2 aromatic carbocycles. The van der Waals surface area contributed by atoms with E-state index in [2.05, 4.69) is 20.9 Å². The molecular weight excluding hydrogens is 695 g/mol. The number of nitrogens with one attached hydrogen (secondary N) is 3. The number of primary amides is 1. The number of phosphoric ester groups is 1. The summed E-state index contributed by atoms with van der Waals surface area (Å²) in [7, 11) is -5.08. The SMILES string of the molecule is CC(OP(=O)(O)O)C(NC(=O)CCl)C(=O)N1CCCC[C@H]1C(=O)NC(Cc1ccc2ccccc2c1)C(=O)NC(CCCN=C(N)N)C(N)=O. The molecule has 0 spiro atoms. The third-order valence-corrected chi connectivity index (χ3v) is 8.91. The lowest BCUT2D eigenvalue weighted by Gasteiger charge is -2.38. The number of benzene rings is 2. The highest BCUT2D eigenvalue weighted by atomic mass is 35.5. The normalized spacial score (nSPS) is 17.1. The van der Waals surface area contributed by atoms with E-state index in [1.807, 2.05) is 36.4 Å². The molecule has 50 heavy (non-hydrogen) atoms. The highest BCUT2D eigenvalue weighted by Gasteiger charge is 2.41. The number of aliphatic imine (C=N–C) groups is 1. The fourth-order valence-corrected chi connectivity index (χ4v) is 6.29. The van der Waals surface area contributed by atoms with Crippen LogP contribution < -0.4 is 33.2 Å². The van der Waals surface area contributed by atoms with Gasteiger partial charge in [-0.25, -0.2) is 4.57 Å². The van der Waals surface area contributed by atoms with Crippen molar-refractivity contribution >= 4 is 65.7 Å². The van der Waals surface area contributed by atoms with Crippen LogP contribution in [0.25, 0.3) is 10.8 Å². The van der Waals surface area contributed by atoms with Gasteiger partial charge in [-0.3, -0.25) is 33.5 Å². The largest absolute Gasteiger partial charge is 0.469 e. The van der Waals surface area contributed by atoms with E-state index in [9.17, 15) is 38.3 Å². The molecule has 1 saturated heterocycles. The maximum atomic E-state index is 13.9. The zero-order valence-corrected chi connectivity index (χ0v) is 29.1. The molecule has 5 amide bonds. The first-order valence-corrected chi connectivity index (χ1v) is 18.0. The summed E-state index contributed by atoms with van der Waals surface area (Å²) < 4.78 is 16.3. The lowest BCUT2D eigenvalue weighted by atomic mass is 9.97. The van der Waals surface area contributed by atoms with Crippen LogP contribution in [0.1, 0.15) is 44.6 Å². The van der Waals surface area contributed by atoms with Crippen LogP contribution in [-0.2, 0) is 39.5 Å². The molecule has 11 N–H and O–H groups in total. The Morgan fingerprint density at radius 1 is 1.02 bits per heavy atom. The Hall–Kier alpha value is -4.28. The van der Waals surface area contributed by atoms with Crippen LogP contribution in [-0.4, -0.2) is 99.4 Å². The number of halogens is 1. The van der Waals surface area contributed by atoms with Gasteiger partial charge in [0.15, 0.2) is 5.96 Å². The number of likely N-dealkylation sites (tertiary alicyclic amines) is 1. The van der Waals surface area contributed by atoms with Gasteiger partial charge >= 0.3 is 7.82 Å². The first-order valence-electron chi connectivity index (χ1n) is 15.9. The second-order valence-corrected chi connectivity index (χ2v) is 13.3. The smallest absolute Gasteiger partial charge is 0.370 e. The first kappa shape index (κ1) is 40.2. The Morgan fingerprint density at radius 2 is 1.72 bits per heavy atom. The zero-order chi connectivity index (χ0) is 37.0. The fourth-order valence-electron chi connectivity index (χ4n) is 5.66. The number of amides is 5. The number of rotatable bonds is 17. The van der Waals surface area contributed by atoms with Gasteiger partial charge in [0.25, 0.3) is 0 Å². The minimum Gasteiger partial charge on any atom is -0.370 e. The van der Waals surface area contributed by atoms with Gasteiger partial charge in [0, 0.05) is 19.5 Å². The Labute approximate surface area is 293 Å². The molecule has 1 aliphatic heterocycles. The topological polar surface area (TPSA) is 282 Å². The molecule has 17 nitrogen and oxygen atoms in total. The maximum Gasteiger partial charge on any atom is 0.469 e. The molecule has 1 heterocycles. The van der Waals surface area contributed by atoms with Gasteiger partial charge in [-0.05, 0) is 55.4 Å². The highest BCUT2D eigenvalue weighted by Crippen LogP contribution is 2.38. The lowest BCUT2D eigenvalue weighted by Crippen LogP contribution is -2.62. The summed E-state index contributed by atoms with van der Waals surface area (Å²) in [4.78, 5) is 89.7. The summed E-state index contributed by atoms with van der Waals surface area (Å²) >= 11 is 5.61. The fraction of sp³-hybridized carbons (Fsp3) is 0.484. The monoisotopic (exact) mass is 738 g/mol. The van der Waals surface area contributed by atoms with E-state index in [1.54, 1.807) is 6.07 Å². The Bertz CT molecular complexity index is 1620. The van der Waals surface area contributed by atoms with E-state index in [0.29, 0.717) is 24.8 Å². The number of phosphoric acid groups is 1. The number of piperidine rings is 1. The maximum absolute atomic E-state index is 13.9. The number of hydrogen-bond acceptors (Lipinski definition) is 8. The average molecular weight is 739 g/mol. The van der Waals surface area contributed by atoms with Crippen molar-refractivity contribution in [3.63, 3.8) is 0 Å². The number of carbonyl (C=O) groups excluding carboxylic acids is 5. The van der Waals surface area contributed by atoms with Crippen molar-refractivity contribution in [2.45, 2.75) is 75.7 Å². The predicted molar refractivity (Wildman–Crippen MR) is 185 cm³/mol. The third kappa shape index (κ3) is 12.2. The molecule has 0 aromatic heterocycles. The molecular formula is C31H44ClN8O9P. The van der Waals surface area contributed by atoms with E-state index in [-0.39, 0.29) is 38.3 Å². The summed E-state index contributed by atoms with van der Waals surface area (Å²) in [5.74, 6) is -4.54. The van der Waals surface area contributed by atoms with Crippen LogP contribution in [0.3, 0.4) is 0 Å².